The van der Waals surface area contributed by atoms with Crippen LogP contribution in [0.25, 0.3) is 0 Å². The summed E-state index contributed by atoms with van der Waals surface area (Å²) >= 11 is 10.6. The highest BCUT2D eigenvalue weighted by Gasteiger charge is 2.13. The van der Waals surface area contributed by atoms with Gasteiger partial charge in [-0.25, -0.2) is 9.97 Å². The van der Waals surface area contributed by atoms with Gasteiger partial charge in [0.1, 0.15) is 5.82 Å². The maximum atomic E-state index is 12.1. The lowest BCUT2D eigenvalue weighted by Crippen LogP contribution is -2.13. The maximum absolute atomic E-state index is 12.1. The summed E-state index contributed by atoms with van der Waals surface area (Å²) in [5.41, 5.74) is 0.360. The van der Waals surface area contributed by atoms with E-state index in [0.717, 1.165) is 10.3 Å². The van der Waals surface area contributed by atoms with Crippen LogP contribution in [-0.2, 0) is 0 Å². The first kappa shape index (κ1) is 14.2. The average molecular weight is 362 g/mol. The predicted octanol–water partition coefficient (Wildman–Crippen LogP) is 3.64. The summed E-state index contributed by atoms with van der Waals surface area (Å²) in [6.45, 7) is 2.66. The van der Waals surface area contributed by atoms with Gasteiger partial charge >= 0.3 is 0 Å². The van der Waals surface area contributed by atoms with Crippen molar-refractivity contribution in [2.45, 2.75) is 6.92 Å². The molecule has 5 nitrogen and oxygen atoms in total. The molecule has 0 fully saturated rings. The van der Waals surface area contributed by atoms with Gasteiger partial charge in [0.2, 0.25) is 0 Å². The topological polar surface area (TPSA) is 66.9 Å². The van der Waals surface area contributed by atoms with Gasteiger partial charge in [-0.15, -0.1) is 0 Å². The van der Waals surface area contributed by atoms with E-state index >= 15 is 0 Å². The molecule has 100 valence electrons. The highest BCUT2D eigenvalue weighted by Crippen LogP contribution is 2.25. The van der Waals surface area contributed by atoms with Crippen LogP contribution in [0.5, 0.6) is 0 Å². The summed E-state index contributed by atoms with van der Waals surface area (Å²) in [7, 11) is 0. The Morgan fingerprint density at radius 3 is 2.89 bits per heavy atom. The van der Waals surface area contributed by atoms with Crippen LogP contribution < -0.4 is 10.6 Å². The molecule has 0 saturated carbocycles. The summed E-state index contributed by atoms with van der Waals surface area (Å²) < 4.78 is 0.844. The van der Waals surface area contributed by atoms with Crippen molar-refractivity contribution in [2.75, 3.05) is 17.2 Å². The number of aromatic nitrogens is 2. The largest absolute Gasteiger partial charge is 0.370 e. The highest BCUT2D eigenvalue weighted by molar-refractivity contribution is 9.11. The number of hydrogen-bond donors (Lipinski definition) is 2. The van der Waals surface area contributed by atoms with Crippen LogP contribution in [0.15, 0.2) is 22.2 Å². The molecule has 19 heavy (non-hydrogen) atoms. The molecule has 0 atom stereocenters. The van der Waals surface area contributed by atoms with Gasteiger partial charge in [0, 0.05) is 12.7 Å². The molecular formula is C11H10BrClN4OS. The number of halogens is 2. The van der Waals surface area contributed by atoms with Crippen molar-refractivity contribution >= 4 is 55.7 Å². The van der Waals surface area contributed by atoms with Crippen LogP contribution in [0.2, 0.25) is 5.02 Å². The molecule has 2 heterocycles. The van der Waals surface area contributed by atoms with Crippen molar-refractivity contribution in [1.82, 2.24) is 9.97 Å². The van der Waals surface area contributed by atoms with E-state index in [9.17, 15) is 4.79 Å². The Morgan fingerprint density at radius 2 is 2.26 bits per heavy atom. The van der Waals surface area contributed by atoms with Gasteiger partial charge in [-0.3, -0.25) is 10.1 Å². The van der Waals surface area contributed by atoms with Gasteiger partial charge in [0.25, 0.3) is 5.91 Å². The lowest BCUT2D eigenvalue weighted by Gasteiger charge is -2.07. The van der Waals surface area contributed by atoms with Gasteiger partial charge in [-0.2, -0.15) is 0 Å². The summed E-state index contributed by atoms with van der Waals surface area (Å²) in [6.07, 6.45) is 3.07. The molecule has 0 bridgehead atoms. The van der Waals surface area contributed by atoms with E-state index in [1.54, 1.807) is 12.3 Å². The third-order valence-electron chi connectivity index (χ3n) is 2.16. The fourth-order valence-electron chi connectivity index (χ4n) is 1.37. The molecule has 0 radical (unpaired) electrons. The number of carbonyl (C=O) groups excluding carboxylic acids is 1. The third kappa shape index (κ3) is 3.65. The van der Waals surface area contributed by atoms with Gasteiger partial charge in [-0.1, -0.05) is 22.9 Å². The Bertz CT molecular complexity index is 604. The van der Waals surface area contributed by atoms with Gasteiger partial charge < -0.3 is 5.32 Å². The number of rotatable bonds is 4. The van der Waals surface area contributed by atoms with Crippen molar-refractivity contribution in [3.63, 3.8) is 0 Å². The van der Waals surface area contributed by atoms with Crippen LogP contribution in [-0.4, -0.2) is 22.4 Å². The Kier molecular flexibility index (Phi) is 4.73. The van der Waals surface area contributed by atoms with Crippen molar-refractivity contribution in [3.8, 4) is 0 Å². The highest BCUT2D eigenvalue weighted by atomic mass is 79.9. The van der Waals surface area contributed by atoms with Crippen LogP contribution >= 0.6 is 38.9 Å². The third-order valence-corrected chi connectivity index (χ3v) is 3.85. The number of hydrogen-bond acceptors (Lipinski definition) is 5. The standard InChI is InChI=1S/C11H10BrClN4OS/c1-2-14-9-3-6(7(13)4-15-9)10(18)17-11-16-5-8(12)19-11/h3-5H,2H2,1H3,(H,14,15)(H,16,17,18). The zero-order valence-corrected chi connectivity index (χ0v) is 13.1. The minimum Gasteiger partial charge on any atom is -0.370 e. The molecule has 8 heteroatoms. The zero-order valence-electron chi connectivity index (χ0n) is 9.91. The maximum Gasteiger partial charge on any atom is 0.259 e. The van der Waals surface area contributed by atoms with Gasteiger partial charge in [0.05, 0.1) is 20.6 Å². The first-order chi connectivity index (χ1) is 9.10. The second-order valence-corrected chi connectivity index (χ2v) is 6.32. The first-order valence-corrected chi connectivity index (χ1v) is 7.41. The molecule has 2 aromatic heterocycles. The number of nitrogens with zero attached hydrogens (tertiary/aromatic N) is 2. The average Bonchev–Trinajstić information content (AvgIpc) is 2.77. The molecular weight excluding hydrogens is 352 g/mol. The molecule has 0 aliphatic carbocycles. The lowest BCUT2D eigenvalue weighted by molar-refractivity contribution is 0.102. The Hall–Kier alpha value is -1.18. The van der Waals surface area contributed by atoms with E-state index in [0.29, 0.717) is 21.5 Å². The molecule has 0 spiro atoms. The number of thiazole rings is 1. The molecule has 0 aliphatic heterocycles. The second kappa shape index (κ2) is 6.31. The van der Waals surface area contributed by atoms with Crippen molar-refractivity contribution in [3.05, 3.63) is 32.8 Å². The Morgan fingerprint density at radius 1 is 1.47 bits per heavy atom. The zero-order chi connectivity index (χ0) is 13.8. The van der Waals surface area contributed by atoms with Crippen LogP contribution in [0.1, 0.15) is 17.3 Å². The SMILES string of the molecule is CCNc1cc(C(=O)Nc2ncc(Br)s2)c(Cl)cn1. The van der Waals surface area contributed by atoms with E-state index in [1.807, 2.05) is 6.92 Å². The van der Waals surface area contributed by atoms with E-state index in [4.69, 9.17) is 11.6 Å². The molecule has 2 N–H and O–H groups in total. The number of pyridine rings is 1. The monoisotopic (exact) mass is 360 g/mol. The molecule has 0 saturated heterocycles. The number of carbonyl (C=O) groups is 1. The summed E-state index contributed by atoms with van der Waals surface area (Å²) in [5, 5.41) is 6.53. The number of amides is 1. The van der Waals surface area contributed by atoms with E-state index < -0.39 is 0 Å². The summed E-state index contributed by atoms with van der Waals surface area (Å²) in [4.78, 5) is 20.2. The molecule has 0 aromatic carbocycles. The molecule has 1 amide bonds. The lowest BCUT2D eigenvalue weighted by atomic mass is 10.2. The Labute approximate surface area is 127 Å². The van der Waals surface area contributed by atoms with E-state index in [1.165, 1.54) is 17.5 Å². The van der Waals surface area contributed by atoms with Crippen molar-refractivity contribution < 1.29 is 4.79 Å². The fraction of sp³-hybridized carbons (Fsp3) is 0.182. The minimum absolute atomic E-state index is 0.301. The van der Waals surface area contributed by atoms with Crippen LogP contribution in [0.3, 0.4) is 0 Å². The summed E-state index contributed by atoms with van der Waals surface area (Å²) in [6, 6.07) is 1.61. The van der Waals surface area contributed by atoms with Gasteiger partial charge in [-0.05, 0) is 28.9 Å². The van der Waals surface area contributed by atoms with Crippen molar-refractivity contribution in [1.29, 1.82) is 0 Å². The minimum atomic E-state index is -0.312. The molecule has 0 unspecified atom stereocenters. The fourth-order valence-corrected chi connectivity index (χ4v) is 2.66. The Balaban J connectivity index is 2.20. The van der Waals surface area contributed by atoms with E-state index in [2.05, 4.69) is 36.5 Å². The summed E-state index contributed by atoms with van der Waals surface area (Å²) in [5.74, 6) is 0.297. The quantitative estimate of drug-likeness (QED) is 0.872. The second-order valence-electron chi connectivity index (χ2n) is 3.50. The molecule has 0 aliphatic rings. The van der Waals surface area contributed by atoms with Crippen LogP contribution in [0.4, 0.5) is 10.9 Å². The number of nitrogens with one attached hydrogen (secondary N) is 2. The van der Waals surface area contributed by atoms with E-state index in [-0.39, 0.29) is 5.91 Å². The molecule has 2 rings (SSSR count). The number of anilines is 2. The van der Waals surface area contributed by atoms with Gasteiger partial charge in [0.15, 0.2) is 5.13 Å². The molecule has 2 aromatic rings. The smallest absolute Gasteiger partial charge is 0.259 e. The normalized spacial score (nSPS) is 10.3. The predicted molar refractivity (Wildman–Crippen MR) is 81.2 cm³/mol. The van der Waals surface area contributed by atoms with Crippen molar-refractivity contribution in [2.24, 2.45) is 0 Å². The van der Waals surface area contributed by atoms with Crippen LogP contribution in [0, 0.1) is 0 Å². The first-order valence-electron chi connectivity index (χ1n) is 5.42.